The van der Waals surface area contributed by atoms with Crippen LogP contribution in [0.1, 0.15) is 5.56 Å². The number of hydrogen-bond donors (Lipinski definition) is 1. The molecule has 0 radical (unpaired) electrons. The lowest BCUT2D eigenvalue weighted by Gasteiger charge is -2.01. The Hall–Kier alpha value is -1.29. The van der Waals surface area contributed by atoms with Crippen LogP contribution >= 0.6 is 0 Å². The van der Waals surface area contributed by atoms with Gasteiger partial charge >= 0.3 is 0 Å². The maximum Gasteiger partial charge on any atom is 0.267 e. The molecule has 0 aliphatic carbocycles. The van der Waals surface area contributed by atoms with Gasteiger partial charge in [-0.1, -0.05) is 18.2 Å². The SMILES string of the molecule is OC(/C=C/c1ccc(F)cc1)C(F)F. The zero-order chi connectivity index (χ0) is 10.6. The number of aliphatic hydroxyl groups excluding tert-OH is 1. The topological polar surface area (TPSA) is 20.2 Å². The summed E-state index contributed by atoms with van der Waals surface area (Å²) >= 11 is 0. The average molecular weight is 202 g/mol. The van der Waals surface area contributed by atoms with Crippen LogP contribution in [0.5, 0.6) is 0 Å². The van der Waals surface area contributed by atoms with Gasteiger partial charge in [0.2, 0.25) is 0 Å². The predicted octanol–water partition coefficient (Wildman–Crippen LogP) is 2.46. The van der Waals surface area contributed by atoms with Crippen molar-refractivity contribution in [2.45, 2.75) is 12.5 Å². The van der Waals surface area contributed by atoms with Crippen LogP contribution in [0.3, 0.4) is 0 Å². The van der Waals surface area contributed by atoms with Gasteiger partial charge in [-0.3, -0.25) is 0 Å². The second kappa shape index (κ2) is 4.81. The van der Waals surface area contributed by atoms with Crippen molar-refractivity contribution in [1.29, 1.82) is 0 Å². The predicted molar refractivity (Wildman–Crippen MR) is 47.4 cm³/mol. The van der Waals surface area contributed by atoms with Crippen molar-refractivity contribution >= 4 is 6.08 Å². The van der Waals surface area contributed by atoms with Crippen molar-refractivity contribution in [3.05, 3.63) is 41.7 Å². The lowest BCUT2D eigenvalue weighted by Crippen LogP contribution is -2.13. The minimum atomic E-state index is -2.80. The van der Waals surface area contributed by atoms with Crippen LogP contribution < -0.4 is 0 Å². The van der Waals surface area contributed by atoms with Crippen molar-refractivity contribution in [3.63, 3.8) is 0 Å². The molecule has 1 nitrogen and oxygen atoms in total. The maximum absolute atomic E-state index is 12.4. The molecule has 0 amide bonds. The molecular formula is C10H9F3O. The zero-order valence-corrected chi connectivity index (χ0v) is 7.20. The molecule has 1 unspecified atom stereocenters. The van der Waals surface area contributed by atoms with Crippen LogP contribution in [-0.4, -0.2) is 17.6 Å². The minimum Gasteiger partial charge on any atom is -0.383 e. The molecule has 76 valence electrons. The van der Waals surface area contributed by atoms with E-state index in [0.717, 1.165) is 6.08 Å². The van der Waals surface area contributed by atoms with Crippen molar-refractivity contribution in [3.8, 4) is 0 Å². The first-order valence-corrected chi connectivity index (χ1v) is 3.99. The van der Waals surface area contributed by atoms with Crippen molar-refractivity contribution in [1.82, 2.24) is 0 Å². The Morgan fingerprint density at radius 3 is 2.21 bits per heavy atom. The monoisotopic (exact) mass is 202 g/mol. The summed E-state index contributed by atoms with van der Waals surface area (Å²) in [5.41, 5.74) is 0.561. The van der Waals surface area contributed by atoms with E-state index >= 15 is 0 Å². The van der Waals surface area contributed by atoms with E-state index in [2.05, 4.69) is 0 Å². The number of rotatable bonds is 3. The summed E-state index contributed by atoms with van der Waals surface area (Å²) in [7, 11) is 0. The molecule has 1 N–H and O–H groups in total. The number of hydrogen-bond acceptors (Lipinski definition) is 1. The van der Waals surface area contributed by atoms with Crippen molar-refractivity contribution in [2.75, 3.05) is 0 Å². The van der Waals surface area contributed by atoms with Gasteiger partial charge in [-0.25, -0.2) is 13.2 Å². The Morgan fingerprint density at radius 1 is 1.14 bits per heavy atom. The first-order chi connectivity index (χ1) is 6.59. The van der Waals surface area contributed by atoms with Crippen LogP contribution in [-0.2, 0) is 0 Å². The van der Waals surface area contributed by atoms with Gasteiger partial charge in [-0.05, 0) is 23.8 Å². The second-order valence-corrected chi connectivity index (χ2v) is 2.74. The van der Waals surface area contributed by atoms with E-state index in [1.165, 1.54) is 30.3 Å². The Kier molecular flexibility index (Phi) is 3.71. The zero-order valence-electron chi connectivity index (χ0n) is 7.20. The highest BCUT2D eigenvalue weighted by Gasteiger charge is 2.11. The molecule has 1 aromatic rings. The third-order valence-electron chi connectivity index (χ3n) is 1.61. The number of alkyl halides is 2. The molecule has 1 aromatic carbocycles. The Bertz CT molecular complexity index is 306. The van der Waals surface area contributed by atoms with E-state index in [1.54, 1.807) is 0 Å². The summed E-state index contributed by atoms with van der Waals surface area (Å²) in [5, 5.41) is 8.73. The lowest BCUT2D eigenvalue weighted by atomic mass is 10.2. The maximum atomic E-state index is 12.4. The minimum absolute atomic E-state index is 0.392. The summed E-state index contributed by atoms with van der Waals surface area (Å²) in [6.07, 6.45) is -2.29. The van der Waals surface area contributed by atoms with Crippen molar-refractivity contribution < 1.29 is 18.3 Å². The molecule has 0 bridgehead atoms. The molecule has 1 atom stereocenters. The van der Waals surface area contributed by atoms with E-state index in [4.69, 9.17) is 5.11 Å². The van der Waals surface area contributed by atoms with Crippen LogP contribution in [0, 0.1) is 5.82 Å². The first-order valence-electron chi connectivity index (χ1n) is 3.99. The van der Waals surface area contributed by atoms with Crippen LogP contribution in [0.15, 0.2) is 30.3 Å². The van der Waals surface area contributed by atoms with Gasteiger partial charge in [0, 0.05) is 0 Å². The quantitative estimate of drug-likeness (QED) is 0.798. The smallest absolute Gasteiger partial charge is 0.267 e. The summed E-state index contributed by atoms with van der Waals surface area (Å²) in [6.45, 7) is 0. The number of benzene rings is 1. The third-order valence-corrected chi connectivity index (χ3v) is 1.61. The average Bonchev–Trinajstić information content (AvgIpc) is 2.16. The highest BCUT2D eigenvalue weighted by atomic mass is 19.3. The fourth-order valence-corrected chi connectivity index (χ4v) is 0.868. The second-order valence-electron chi connectivity index (χ2n) is 2.74. The summed E-state index contributed by atoms with van der Waals surface area (Å²) in [6, 6.07) is 5.30. The van der Waals surface area contributed by atoms with Gasteiger partial charge in [-0.2, -0.15) is 0 Å². The van der Waals surface area contributed by atoms with Crippen LogP contribution in [0.2, 0.25) is 0 Å². The molecule has 0 heterocycles. The standard InChI is InChI=1S/C10H9F3O/c11-8-4-1-7(2-5-8)3-6-9(14)10(12)13/h1-6,9-10,14H/b6-3+. The third kappa shape index (κ3) is 3.22. The Morgan fingerprint density at radius 2 is 1.71 bits per heavy atom. The van der Waals surface area contributed by atoms with E-state index in [-0.39, 0.29) is 0 Å². The Balaban J connectivity index is 2.64. The van der Waals surface area contributed by atoms with Crippen LogP contribution in [0.25, 0.3) is 6.08 Å². The largest absolute Gasteiger partial charge is 0.383 e. The van der Waals surface area contributed by atoms with Crippen LogP contribution in [0.4, 0.5) is 13.2 Å². The molecule has 0 fully saturated rings. The molecule has 0 aliphatic rings. The Labute approximate surface area is 79.5 Å². The van der Waals surface area contributed by atoms with Gasteiger partial charge in [0.25, 0.3) is 6.43 Å². The fraction of sp³-hybridized carbons (Fsp3) is 0.200. The number of halogens is 3. The van der Waals surface area contributed by atoms with E-state index in [1.807, 2.05) is 0 Å². The van der Waals surface area contributed by atoms with Gasteiger partial charge in [-0.15, -0.1) is 0 Å². The normalized spacial score (nSPS) is 13.8. The molecule has 0 saturated heterocycles. The van der Waals surface area contributed by atoms with Gasteiger partial charge in [0.05, 0.1) is 0 Å². The number of aliphatic hydroxyl groups is 1. The van der Waals surface area contributed by atoms with Gasteiger partial charge in [0.1, 0.15) is 11.9 Å². The molecule has 4 heteroatoms. The highest BCUT2D eigenvalue weighted by Crippen LogP contribution is 2.08. The fourth-order valence-electron chi connectivity index (χ4n) is 0.868. The highest BCUT2D eigenvalue weighted by molar-refractivity contribution is 5.49. The van der Waals surface area contributed by atoms with E-state index < -0.39 is 18.3 Å². The van der Waals surface area contributed by atoms with E-state index in [0.29, 0.717) is 5.56 Å². The molecule has 0 aromatic heterocycles. The molecule has 0 spiro atoms. The summed E-state index contributed by atoms with van der Waals surface area (Å²) in [4.78, 5) is 0. The summed E-state index contributed by atoms with van der Waals surface area (Å²) in [5.74, 6) is -0.392. The molecule has 0 saturated carbocycles. The van der Waals surface area contributed by atoms with Gasteiger partial charge < -0.3 is 5.11 Å². The van der Waals surface area contributed by atoms with Crippen molar-refractivity contribution in [2.24, 2.45) is 0 Å². The van der Waals surface area contributed by atoms with E-state index in [9.17, 15) is 13.2 Å². The summed E-state index contributed by atoms with van der Waals surface area (Å²) < 4.78 is 36.1. The molecular weight excluding hydrogens is 193 g/mol. The lowest BCUT2D eigenvalue weighted by molar-refractivity contribution is 0.0246. The molecule has 14 heavy (non-hydrogen) atoms. The van der Waals surface area contributed by atoms with Gasteiger partial charge in [0.15, 0.2) is 0 Å². The first kappa shape index (κ1) is 10.8. The molecule has 0 aliphatic heterocycles. The molecule has 1 rings (SSSR count).